The molecule has 0 spiro atoms. The van der Waals surface area contributed by atoms with Gasteiger partial charge in [-0.1, -0.05) is 18.2 Å². The van der Waals surface area contributed by atoms with E-state index in [2.05, 4.69) is 28.5 Å². The lowest BCUT2D eigenvalue weighted by atomic mass is 10.0. The summed E-state index contributed by atoms with van der Waals surface area (Å²) in [5.41, 5.74) is 3.36. The lowest BCUT2D eigenvalue weighted by Gasteiger charge is -2.16. The second-order valence-corrected chi connectivity index (χ2v) is 4.60. The van der Waals surface area contributed by atoms with Crippen molar-refractivity contribution in [1.29, 1.82) is 0 Å². The van der Waals surface area contributed by atoms with Crippen molar-refractivity contribution in [2.45, 2.75) is 19.4 Å². The van der Waals surface area contributed by atoms with Crippen LogP contribution in [0, 0.1) is 6.92 Å². The first-order valence-electron chi connectivity index (χ1n) is 6.46. The van der Waals surface area contributed by atoms with Gasteiger partial charge in [-0.25, -0.2) is 0 Å². The van der Waals surface area contributed by atoms with Crippen LogP contribution >= 0.6 is 0 Å². The van der Waals surface area contributed by atoms with Crippen molar-refractivity contribution >= 4 is 0 Å². The summed E-state index contributed by atoms with van der Waals surface area (Å²) in [6.45, 7) is 2.02. The minimum absolute atomic E-state index is 0.215. The Morgan fingerprint density at radius 1 is 1.21 bits per heavy atom. The zero-order chi connectivity index (χ0) is 13.7. The Balaban J connectivity index is 2.18. The number of hydrogen-bond acceptors (Lipinski definition) is 3. The van der Waals surface area contributed by atoms with Crippen LogP contribution in [0.5, 0.6) is 5.75 Å². The minimum atomic E-state index is 0.215. The molecule has 0 aliphatic carbocycles. The zero-order valence-electron chi connectivity index (χ0n) is 11.7. The highest BCUT2D eigenvalue weighted by Crippen LogP contribution is 2.20. The van der Waals surface area contributed by atoms with Crippen molar-refractivity contribution < 1.29 is 4.74 Å². The van der Waals surface area contributed by atoms with E-state index in [9.17, 15) is 0 Å². The van der Waals surface area contributed by atoms with Crippen LogP contribution in [-0.4, -0.2) is 19.1 Å². The van der Waals surface area contributed by atoms with Crippen LogP contribution in [0.1, 0.15) is 23.0 Å². The predicted molar refractivity (Wildman–Crippen MR) is 77.5 cm³/mol. The molecule has 0 radical (unpaired) electrons. The second-order valence-electron chi connectivity index (χ2n) is 4.60. The standard InChI is InChI=1S/C16H20N2O/c1-12-6-4-9-15(18-12)16(17-2)11-13-7-5-8-14(10-13)19-3/h4-10,16-17H,11H2,1-3H3. The molecule has 0 bridgehead atoms. The van der Waals surface area contributed by atoms with Crippen molar-refractivity contribution in [3.63, 3.8) is 0 Å². The van der Waals surface area contributed by atoms with E-state index >= 15 is 0 Å². The number of hydrogen-bond donors (Lipinski definition) is 1. The average molecular weight is 256 g/mol. The van der Waals surface area contributed by atoms with Crippen molar-refractivity contribution in [2.24, 2.45) is 0 Å². The molecule has 19 heavy (non-hydrogen) atoms. The number of likely N-dealkylation sites (N-methyl/N-ethyl adjacent to an activating group) is 1. The fraction of sp³-hybridized carbons (Fsp3) is 0.312. The van der Waals surface area contributed by atoms with Gasteiger partial charge in [-0.2, -0.15) is 0 Å². The minimum Gasteiger partial charge on any atom is -0.497 e. The van der Waals surface area contributed by atoms with Gasteiger partial charge in [0.25, 0.3) is 0 Å². The molecule has 0 fully saturated rings. The third kappa shape index (κ3) is 3.55. The van der Waals surface area contributed by atoms with Crippen LogP contribution in [0.25, 0.3) is 0 Å². The summed E-state index contributed by atoms with van der Waals surface area (Å²) in [7, 11) is 3.66. The fourth-order valence-electron chi connectivity index (χ4n) is 2.15. The van der Waals surface area contributed by atoms with Gasteiger partial charge in [0.2, 0.25) is 0 Å². The van der Waals surface area contributed by atoms with Gasteiger partial charge < -0.3 is 10.1 Å². The Morgan fingerprint density at radius 3 is 2.68 bits per heavy atom. The number of aryl methyl sites for hydroxylation is 1. The monoisotopic (exact) mass is 256 g/mol. The van der Waals surface area contributed by atoms with E-state index in [1.54, 1.807) is 7.11 Å². The molecule has 1 heterocycles. The van der Waals surface area contributed by atoms with E-state index < -0.39 is 0 Å². The molecule has 0 aliphatic rings. The summed E-state index contributed by atoms with van der Waals surface area (Å²) in [6, 6.07) is 14.5. The molecule has 0 aliphatic heterocycles. The molecule has 1 aromatic carbocycles. The lowest BCUT2D eigenvalue weighted by molar-refractivity contribution is 0.414. The van der Waals surface area contributed by atoms with Gasteiger partial charge >= 0.3 is 0 Å². The van der Waals surface area contributed by atoms with Crippen molar-refractivity contribution in [1.82, 2.24) is 10.3 Å². The number of methoxy groups -OCH3 is 1. The van der Waals surface area contributed by atoms with Gasteiger partial charge in [-0.3, -0.25) is 4.98 Å². The van der Waals surface area contributed by atoms with Gasteiger partial charge in [0.05, 0.1) is 18.8 Å². The summed E-state index contributed by atoms with van der Waals surface area (Å²) in [5.74, 6) is 0.893. The highest BCUT2D eigenvalue weighted by atomic mass is 16.5. The number of nitrogens with one attached hydrogen (secondary N) is 1. The number of pyridine rings is 1. The molecule has 3 heteroatoms. The summed E-state index contributed by atoms with van der Waals surface area (Å²) in [6.07, 6.45) is 0.893. The van der Waals surface area contributed by atoms with Gasteiger partial charge in [0.15, 0.2) is 0 Å². The molecule has 1 aromatic heterocycles. The Bertz CT molecular complexity index is 540. The first kappa shape index (κ1) is 13.6. The number of aromatic nitrogens is 1. The molecular weight excluding hydrogens is 236 g/mol. The molecule has 2 aromatic rings. The van der Waals surface area contributed by atoms with E-state index in [0.717, 1.165) is 23.6 Å². The average Bonchev–Trinajstić information content (AvgIpc) is 2.45. The Kier molecular flexibility index (Phi) is 4.53. The predicted octanol–water partition coefficient (Wildman–Crippen LogP) is 2.90. The summed E-state index contributed by atoms with van der Waals surface area (Å²) >= 11 is 0. The lowest BCUT2D eigenvalue weighted by Crippen LogP contribution is -2.20. The fourth-order valence-corrected chi connectivity index (χ4v) is 2.15. The van der Waals surface area contributed by atoms with E-state index in [-0.39, 0.29) is 6.04 Å². The molecule has 0 saturated carbocycles. The van der Waals surface area contributed by atoms with Crippen LogP contribution in [0.3, 0.4) is 0 Å². The van der Waals surface area contributed by atoms with Crippen molar-refractivity contribution in [3.8, 4) is 5.75 Å². The van der Waals surface area contributed by atoms with Crippen molar-refractivity contribution in [2.75, 3.05) is 14.2 Å². The molecule has 1 atom stereocenters. The smallest absolute Gasteiger partial charge is 0.119 e. The summed E-state index contributed by atoms with van der Waals surface area (Å²) < 4.78 is 5.26. The van der Waals surface area contributed by atoms with Crippen LogP contribution in [0.2, 0.25) is 0 Å². The third-order valence-corrected chi connectivity index (χ3v) is 3.19. The molecule has 100 valence electrons. The largest absolute Gasteiger partial charge is 0.497 e. The Morgan fingerprint density at radius 2 is 2.00 bits per heavy atom. The quantitative estimate of drug-likeness (QED) is 0.893. The number of ether oxygens (including phenoxy) is 1. The third-order valence-electron chi connectivity index (χ3n) is 3.19. The number of benzene rings is 1. The van der Waals surface area contributed by atoms with Gasteiger partial charge in [-0.05, 0) is 50.2 Å². The first-order valence-corrected chi connectivity index (χ1v) is 6.46. The molecule has 1 unspecified atom stereocenters. The van der Waals surface area contributed by atoms with Gasteiger partial charge in [0.1, 0.15) is 5.75 Å². The Hall–Kier alpha value is -1.87. The molecule has 2 rings (SSSR count). The van der Waals surface area contributed by atoms with E-state index in [1.807, 2.05) is 38.2 Å². The molecule has 1 N–H and O–H groups in total. The number of nitrogens with zero attached hydrogens (tertiary/aromatic N) is 1. The molecule has 0 saturated heterocycles. The topological polar surface area (TPSA) is 34.1 Å². The van der Waals surface area contributed by atoms with Crippen LogP contribution < -0.4 is 10.1 Å². The maximum Gasteiger partial charge on any atom is 0.119 e. The molecule has 3 nitrogen and oxygen atoms in total. The van der Waals surface area contributed by atoms with Crippen LogP contribution in [0.15, 0.2) is 42.5 Å². The molecule has 0 amide bonds. The normalized spacial score (nSPS) is 12.2. The summed E-state index contributed by atoms with van der Waals surface area (Å²) in [5, 5.41) is 3.33. The van der Waals surface area contributed by atoms with Gasteiger partial charge in [-0.15, -0.1) is 0 Å². The highest BCUT2D eigenvalue weighted by Gasteiger charge is 2.12. The Labute approximate surface area is 114 Å². The first-order chi connectivity index (χ1) is 9.22. The van der Waals surface area contributed by atoms with Crippen LogP contribution in [0.4, 0.5) is 0 Å². The number of rotatable bonds is 5. The van der Waals surface area contributed by atoms with Crippen molar-refractivity contribution in [3.05, 3.63) is 59.4 Å². The summed E-state index contributed by atoms with van der Waals surface area (Å²) in [4.78, 5) is 4.59. The van der Waals surface area contributed by atoms with E-state index in [4.69, 9.17) is 4.74 Å². The SMILES string of the molecule is CNC(Cc1cccc(OC)c1)c1cccc(C)n1. The zero-order valence-corrected chi connectivity index (χ0v) is 11.7. The molecular formula is C16H20N2O. The van der Waals surface area contributed by atoms with Gasteiger partial charge in [0, 0.05) is 5.69 Å². The van der Waals surface area contributed by atoms with E-state index in [1.165, 1.54) is 5.56 Å². The maximum atomic E-state index is 5.26. The highest BCUT2D eigenvalue weighted by molar-refractivity contribution is 5.30. The van der Waals surface area contributed by atoms with E-state index in [0.29, 0.717) is 0 Å². The maximum absolute atomic E-state index is 5.26. The van der Waals surface area contributed by atoms with Crippen LogP contribution in [-0.2, 0) is 6.42 Å². The second kappa shape index (κ2) is 6.34.